The van der Waals surface area contributed by atoms with Gasteiger partial charge < -0.3 is 15.0 Å². The van der Waals surface area contributed by atoms with Crippen LogP contribution in [0.4, 0.5) is 11.4 Å². The molecule has 0 bridgehead atoms. The predicted molar refractivity (Wildman–Crippen MR) is 158 cm³/mol. The summed E-state index contributed by atoms with van der Waals surface area (Å²) >= 11 is 0. The second kappa shape index (κ2) is 10.1. The monoisotopic (exact) mass is 518 g/mol. The molecule has 0 aromatic heterocycles. The van der Waals surface area contributed by atoms with Gasteiger partial charge in [-0.05, 0) is 78.9 Å². The molecule has 5 nitrogen and oxygen atoms in total. The fourth-order valence-electron chi connectivity index (χ4n) is 6.18. The molecule has 4 aromatic rings. The summed E-state index contributed by atoms with van der Waals surface area (Å²) in [4.78, 5) is 28.5. The number of nitrogens with zero attached hydrogens (tertiary/aromatic N) is 1. The van der Waals surface area contributed by atoms with Crippen LogP contribution in [-0.2, 0) is 10.2 Å². The molecule has 5 heteroatoms. The number of nitrogens with one attached hydrogen (secondary N) is 1. The summed E-state index contributed by atoms with van der Waals surface area (Å²) in [5.74, 6) is 0.381. The fraction of sp³-hybridized carbons (Fsp3) is 0.235. The first-order valence-electron chi connectivity index (χ1n) is 13.2. The van der Waals surface area contributed by atoms with Crippen molar-refractivity contribution in [2.24, 2.45) is 0 Å². The van der Waals surface area contributed by atoms with E-state index in [4.69, 9.17) is 4.74 Å². The average molecular weight is 519 g/mol. The Hall–Kier alpha value is -4.38. The molecule has 1 N–H and O–H groups in total. The van der Waals surface area contributed by atoms with Crippen molar-refractivity contribution in [2.75, 3.05) is 17.3 Å². The van der Waals surface area contributed by atoms with Gasteiger partial charge in [-0.2, -0.15) is 0 Å². The van der Waals surface area contributed by atoms with Gasteiger partial charge in [0.1, 0.15) is 5.75 Å². The number of benzene rings is 4. The smallest absolute Gasteiger partial charge is 0.256 e. The minimum Gasteiger partial charge on any atom is -0.497 e. The van der Waals surface area contributed by atoms with Gasteiger partial charge in [-0.25, -0.2) is 0 Å². The summed E-state index contributed by atoms with van der Waals surface area (Å²) in [5, 5.41) is 3.13. The van der Waals surface area contributed by atoms with Crippen LogP contribution in [0.3, 0.4) is 0 Å². The van der Waals surface area contributed by atoms with Gasteiger partial charge in [-0.1, -0.05) is 67.6 Å². The predicted octanol–water partition coefficient (Wildman–Crippen LogP) is 7.46. The zero-order valence-electron chi connectivity index (χ0n) is 23.1. The molecule has 0 spiro atoms. The third-order valence-electron chi connectivity index (χ3n) is 7.76. The van der Waals surface area contributed by atoms with E-state index in [1.165, 1.54) is 5.56 Å². The van der Waals surface area contributed by atoms with E-state index >= 15 is 0 Å². The van der Waals surface area contributed by atoms with Crippen molar-refractivity contribution in [3.8, 4) is 16.9 Å². The first-order valence-corrected chi connectivity index (χ1v) is 13.2. The minimum absolute atomic E-state index is 0.00275. The van der Waals surface area contributed by atoms with E-state index in [0.29, 0.717) is 17.0 Å². The molecule has 198 valence electrons. The highest BCUT2D eigenvalue weighted by atomic mass is 16.5. The Kier molecular flexibility index (Phi) is 6.77. The standard InChI is InChI=1S/C34H34N2O3/c1-23(37)36-31-19-16-26(20-30(31)34(4,22-33(36,2)3)25-14-10-7-11-15-25)35-32(38)29-21-27(39-5)17-18-28(29)24-12-8-6-9-13-24/h6-21H,22H2,1-5H3,(H,35,38). The lowest BCUT2D eigenvalue weighted by Crippen LogP contribution is -2.55. The van der Waals surface area contributed by atoms with Crippen LogP contribution < -0.4 is 15.0 Å². The van der Waals surface area contributed by atoms with Crippen molar-refractivity contribution in [3.63, 3.8) is 0 Å². The first-order chi connectivity index (χ1) is 18.6. The summed E-state index contributed by atoms with van der Waals surface area (Å²) < 4.78 is 5.43. The van der Waals surface area contributed by atoms with E-state index in [-0.39, 0.29) is 22.8 Å². The molecule has 1 aliphatic heterocycles. The molecule has 1 aliphatic rings. The zero-order valence-corrected chi connectivity index (χ0v) is 23.1. The van der Waals surface area contributed by atoms with E-state index in [0.717, 1.165) is 28.8 Å². The van der Waals surface area contributed by atoms with Crippen molar-refractivity contribution in [1.82, 2.24) is 0 Å². The Morgan fingerprint density at radius 1 is 0.846 bits per heavy atom. The first kappa shape index (κ1) is 26.2. The molecule has 4 aromatic carbocycles. The lowest BCUT2D eigenvalue weighted by Gasteiger charge is -2.51. The zero-order chi connectivity index (χ0) is 27.8. The molecule has 1 atom stereocenters. The molecular weight excluding hydrogens is 484 g/mol. The number of amides is 2. The summed E-state index contributed by atoms with van der Waals surface area (Å²) in [6.07, 6.45) is 0.738. The third-order valence-corrected chi connectivity index (χ3v) is 7.76. The van der Waals surface area contributed by atoms with Crippen molar-refractivity contribution in [3.05, 3.63) is 114 Å². The maximum absolute atomic E-state index is 13.7. The number of ether oxygens (including phenoxy) is 1. The molecule has 1 unspecified atom stereocenters. The molecule has 0 saturated carbocycles. The van der Waals surface area contributed by atoms with Crippen molar-refractivity contribution >= 4 is 23.2 Å². The summed E-state index contributed by atoms with van der Waals surface area (Å²) in [5.41, 5.74) is 5.27. The maximum Gasteiger partial charge on any atom is 0.256 e. The van der Waals surface area contributed by atoms with Crippen molar-refractivity contribution < 1.29 is 14.3 Å². The highest BCUT2D eigenvalue weighted by Gasteiger charge is 2.47. The molecule has 0 saturated heterocycles. The molecule has 5 rings (SSSR count). The van der Waals surface area contributed by atoms with Gasteiger partial charge in [0.2, 0.25) is 5.91 Å². The highest BCUT2D eigenvalue weighted by Crippen LogP contribution is 2.51. The van der Waals surface area contributed by atoms with Gasteiger partial charge in [0.15, 0.2) is 0 Å². The largest absolute Gasteiger partial charge is 0.497 e. The van der Waals surface area contributed by atoms with Crippen molar-refractivity contribution in [1.29, 1.82) is 0 Å². The van der Waals surface area contributed by atoms with Crippen LogP contribution in [0.1, 0.15) is 55.6 Å². The molecule has 0 radical (unpaired) electrons. The lowest BCUT2D eigenvalue weighted by atomic mass is 9.65. The SMILES string of the molecule is COc1ccc(-c2ccccc2)c(C(=O)Nc2ccc3c(c2)C(C)(c2ccccc2)CC(C)(C)N3C(C)=O)c1. The number of rotatable bonds is 5. The van der Waals surface area contributed by atoms with Crippen LogP contribution in [0.5, 0.6) is 5.75 Å². The normalized spacial score (nSPS) is 17.7. The van der Waals surface area contributed by atoms with E-state index in [1.54, 1.807) is 20.1 Å². The number of fused-ring (bicyclic) bond motifs is 1. The molecular formula is C34H34N2O3. The topological polar surface area (TPSA) is 58.6 Å². The lowest BCUT2D eigenvalue weighted by molar-refractivity contribution is -0.117. The number of anilines is 2. The van der Waals surface area contributed by atoms with E-state index < -0.39 is 0 Å². The van der Waals surface area contributed by atoms with Crippen molar-refractivity contribution in [2.45, 2.75) is 45.1 Å². The molecule has 1 heterocycles. The van der Waals surface area contributed by atoms with Gasteiger partial charge in [-0.15, -0.1) is 0 Å². The van der Waals surface area contributed by atoms with E-state index in [9.17, 15) is 9.59 Å². The molecule has 0 aliphatic carbocycles. The van der Waals surface area contributed by atoms with Crippen LogP contribution >= 0.6 is 0 Å². The number of methoxy groups -OCH3 is 1. The quantitative estimate of drug-likeness (QED) is 0.298. The van der Waals surface area contributed by atoms with Gasteiger partial charge in [-0.3, -0.25) is 9.59 Å². The Labute approximate surface area is 230 Å². The number of hydrogen-bond acceptors (Lipinski definition) is 3. The third kappa shape index (κ3) is 4.81. The molecule has 0 fully saturated rings. The number of hydrogen-bond donors (Lipinski definition) is 1. The van der Waals surface area contributed by atoms with E-state index in [2.05, 4.69) is 38.2 Å². The fourth-order valence-corrected chi connectivity index (χ4v) is 6.18. The average Bonchev–Trinajstić information content (AvgIpc) is 2.93. The summed E-state index contributed by atoms with van der Waals surface area (Å²) in [6, 6.07) is 31.6. The Balaban J connectivity index is 1.59. The minimum atomic E-state index is -0.390. The van der Waals surface area contributed by atoms with Gasteiger partial charge in [0.25, 0.3) is 5.91 Å². The van der Waals surface area contributed by atoms with Gasteiger partial charge >= 0.3 is 0 Å². The number of carbonyl (C=O) groups is 2. The second-order valence-corrected chi connectivity index (χ2v) is 11.0. The Morgan fingerprint density at radius 2 is 1.51 bits per heavy atom. The van der Waals surface area contributed by atoms with Gasteiger partial charge in [0.05, 0.1) is 12.7 Å². The van der Waals surface area contributed by atoms with Crippen LogP contribution in [0, 0.1) is 0 Å². The Bertz CT molecular complexity index is 1530. The highest BCUT2D eigenvalue weighted by molar-refractivity contribution is 6.09. The second-order valence-electron chi connectivity index (χ2n) is 11.0. The van der Waals surface area contributed by atoms with Gasteiger partial charge in [0, 0.05) is 29.3 Å². The maximum atomic E-state index is 13.7. The van der Waals surface area contributed by atoms with E-state index in [1.807, 2.05) is 83.8 Å². The molecule has 39 heavy (non-hydrogen) atoms. The summed E-state index contributed by atoms with van der Waals surface area (Å²) in [7, 11) is 1.59. The van der Waals surface area contributed by atoms with Crippen LogP contribution in [0.25, 0.3) is 11.1 Å². The van der Waals surface area contributed by atoms with Crippen LogP contribution in [-0.4, -0.2) is 24.5 Å². The molecule has 2 amide bonds. The number of carbonyl (C=O) groups excluding carboxylic acids is 2. The summed E-state index contributed by atoms with van der Waals surface area (Å²) in [6.45, 7) is 8.06. The van der Waals surface area contributed by atoms with Crippen LogP contribution in [0.15, 0.2) is 97.1 Å². The Morgan fingerprint density at radius 3 is 2.15 bits per heavy atom. The van der Waals surface area contributed by atoms with Crippen LogP contribution in [0.2, 0.25) is 0 Å².